The molecule has 0 amide bonds. The van der Waals surface area contributed by atoms with Gasteiger partial charge in [-0.1, -0.05) is 0 Å². The number of unbranched alkanes of at least 4 members (excludes halogenated alkanes) is 2. The first kappa shape index (κ1) is 16.8. The highest BCUT2D eigenvalue weighted by atomic mass is 16.6. The third-order valence-corrected chi connectivity index (χ3v) is 2.12. The Kier molecular flexibility index (Phi) is 15.6. The van der Waals surface area contributed by atoms with E-state index in [1.54, 1.807) is 7.11 Å². The fourth-order valence-corrected chi connectivity index (χ4v) is 1.18. The van der Waals surface area contributed by atoms with Crippen LogP contribution in [0.15, 0.2) is 0 Å². The zero-order valence-electron chi connectivity index (χ0n) is 10.9. The van der Waals surface area contributed by atoms with E-state index in [4.69, 9.17) is 24.1 Å². The van der Waals surface area contributed by atoms with Crippen molar-refractivity contribution in [3.8, 4) is 0 Å². The first-order valence-corrected chi connectivity index (χ1v) is 6.25. The van der Waals surface area contributed by atoms with E-state index in [1.165, 1.54) is 0 Å². The van der Waals surface area contributed by atoms with Crippen molar-refractivity contribution < 1.29 is 24.1 Å². The van der Waals surface area contributed by atoms with E-state index in [-0.39, 0.29) is 6.61 Å². The number of aliphatic hydroxyl groups is 1. The van der Waals surface area contributed by atoms with E-state index in [0.29, 0.717) is 39.6 Å². The van der Waals surface area contributed by atoms with E-state index in [1.807, 2.05) is 0 Å². The van der Waals surface area contributed by atoms with Gasteiger partial charge in [0.25, 0.3) is 0 Å². The van der Waals surface area contributed by atoms with Gasteiger partial charge in [0.15, 0.2) is 0 Å². The SMILES string of the molecule is COCCOCCOCCOCCCCCO. The minimum atomic E-state index is 0.270. The smallest absolute Gasteiger partial charge is 0.0701 e. The van der Waals surface area contributed by atoms with E-state index in [2.05, 4.69) is 0 Å². The summed E-state index contributed by atoms with van der Waals surface area (Å²) in [6.07, 6.45) is 2.88. The van der Waals surface area contributed by atoms with E-state index < -0.39 is 0 Å². The van der Waals surface area contributed by atoms with Crippen molar-refractivity contribution in [2.24, 2.45) is 0 Å². The van der Waals surface area contributed by atoms with Crippen LogP contribution in [0.5, 0.6) is 0 Å². The third kappa shape index (κ3) is 15.8. The quantitative estimate of drug-likeness (QED) is 0.463. The van der Waals surface area contributed by atoms with Gasteiger partial charge in [0.2, 0.25) is 0 Å². The normalized spacial score (nSPS) is 10.9. The zero-order chi connectivity index (χ0) is 12.6. The summed E-state index contributed by atoms with van der Waals surface area (Å²) < 4.78 is 20.7. The standard InChI is InChI=1S/C12H26O5/c1-14-7-8-16-11-12-17-10-9-15-6-4-2-3-5-13/h13H,2-12H2,1H3. The summed E-state index contributed by atoms with van der Waals surface area (Å²) in [5, 5.41) is 8.56. The number of aliphatic hydroxyl groups excluding tert-OH is 1. The lowest BCUT2D eigenvalue weighted by Gasteiger charge is -2.06. The van der Waals surface area contributed by atoms with Gasteiger partial charge in [0.1, 0.15) is 0 Å². The van der Waals surface area contributed by atoms with Gasteiger partial charge < -0.3 is 24.1 Å². The Morgan fingerprint density at radius 1 is 0.647 bits per heavy atom. The molecule has 0 heterocycles. The molecule has 17 heavy (non-hydrogen) atoms. The van der Waals surface area contributed by atoms with Gasteiger partial charge in [0.05, 0.1) is 39.6 Å². The van der Waals surface area contributed by atoms with Crippen LogP contribution in [0.1, 0.15) is 19.3 Å². The monoisotopic (exact) mass is 250 g/mol. The van der Waals surface area contributed by atoms with Gasteiger partial charge in [-0.15, -0.1) is 0 Å². The molecule has 0 atom stereocenters. The van der Waals surface area contributed by atoms with Gasteiger partial charge in [-0.3, -0.25) is 0 Å². The summed E-state index contributed by atoms with van der Waals surface area (Å²) in [6.45, 7) is 4.67. The lowest BCUT2D eigenvalue weighted by Crippen LogP contribution is -2.11. The van der Waals surface area contributed by atoms with E-state index in [0.717, 1.165) is 25.9 Å². The molecule has 1 N–H and O–H groups in total. The van der Waals surface area contributed by atoms with E-state index >= 15 is 0 Å². The fraction of sp³-hybridized carbons (Fsp3) is 1.00. The molecular formula is C12H26O5. The van der Waals surface area contributed by atoms with Crippen molar-refractivity contribution in [2.75, 3.05) is 60.0 Å². The van der Waals surface area contributed by atoms with Gasteiger partial charge in [-0.05, 0) is 19.3 Å². The topological polar surface area (TPSA) is 57.2 Å². The molecule has 5 nitrogen and oxygen atoms in total. The van der Waals surface area contributed by atoms with Crippen LogP contribution in [-0.4, -0.2) is 65.1 Å². The lowest BCUT2D eigenvalue weighted by atomic mass is 10.2. The maximum absolute atomic E-state index is 8.56. The summed E-state index contributed by atoms with van der Waals surface area (Å²) in [5.74, 6) is 0. The highest BCUT2D eigenvalue weighted by molar-refractivity contribution is 4.39. The summed E-state index contributed by atoms with van der Waals surface area (Å²) in [4.78, 5) is 0. The molecule has 0 aliphatic carbocycles. The number of hydrogen-bond donors (Lipinski definition) is 1. The second-order valence-corrected chi connectivity index (χ2v) is 3.61. The number of rotatable bonds is 14. The number of hydrogen-bond acceptors (Lipinski definition) is 5. The van der Waals surface area contributed by atoms with Crippen LogP contribution >= 0.6 is 0 Å². The van der Waals surface area contributed by atoms with Crippen LogP contribution in [0.2, 0.25) is 0 Å². The lowest BCUT2D eigenvalue weighted by molar-refractivity contribution is 0.00317. The van der Waals surface area contributed by atoms with Crippen molar-refractivity contribution >= 4 is 0 Å². The van der Waals surface area contributed by atoms with Crippen LogP contribution in [0, 0.1) is 0 Å². The maximum atomic E-state index is 8.56. The molecule has 0 saturated heterocycles. The molecule has 5 heteroatoms. The van der Waals surface area contributed by atoms with Gasteiger partial charge >= 0.3 is 0 Å². The van der Waals surface area contributed by atoms with Crippen molar-refractivity contribution in [1.29, 1.82) is 0 Å². The average Bonchev–Trinajstić information content (AvgIpc) is 2.35. The highest BCUT2D eigenvalue weighted by Crippen LogP contribution is 1.94. The van der Waals surface area contributed by atoms with Crippen molar-refractivity contribution in [1.82, 2.24) is 0 Å². The minimum Gasteiger partial charge on any atom is -0.396 e. The van der Waals surface area contributed by atoms with Crippen molar-refractivity contribution in [2.45, 2.75) is 19.3 Å². The Balaban J connectivity index is 2.85. The average molecular weight is 250 g/mol. The third-order valence-electron chi connectivity index (χ3n) is 2.12. The van der Waals surface area contributed by atoms with Gasteiger partial charge in [-0.25, -0.2) is 0 Å². The first-order valence-electron chi connectivity index (χ1n) is 6.25. The molecule has 0 rings (SSSR count). The highest BCUT2D eigenvalue weighted by Gasteiger charge is 1.92. The van der Waals surface area contributed by atoms with Crippen LogP contribution in [0.25, 0.3) is 0 Å². The largest absolute Gasteiger partial charge is 0.396 e. The molecule has 104 valence electrons. The Morgan fingerprint density at radius 3 is 1.71 bits per heavy atom. The summed E-state index contributed by atoms with van der Waals surface area (Å²) >= 11 is 0. The Labute approximate surface area is 104 Å². The van der Waals surface area contributed by atoms with Crippen LogP contribution in [0.3, 0.4) is 0 Å². The minimum absolute atomic E-state index is 0.270. The van der Waals surface area contributed by atoms with Crippen LogP contribution in [0.4, 0.5) is 0 Å². The molecule has 0 aromatic carbocycles. The van der Waals surface area contributed by atoms with Gasteiger partial charge in [-0.2, -0.15) is 0 Å². The number of ether oxygens (including phenoxy) is 4. The second-order valence-electron chi connectivity index (χ2n) is 3.61. The molecule has 0 aliphatic heterocycles. The molecule has 0 bridgehead atoms. The van der Waals surface area contributed by atoms with Gasteiger partial charge in [0, 0.05) is 20.3 Å². The Morgan fingerprint density at radius 2 is 1.18 bits per heavy atom. The molecule has 0 aromatic heterocycles. The predicted molar refractivity (Wildman–Crippen MR) is 65.3 cm³/mol. The molecule has 0 saturated carbocycles. The van der Waals surface area contributed by atoms with Crippen LogP contribution < -0.4 is 0 Å². The molecule has 0 unspecified atom stereocenters. The van der Waals surface area contributed by atoms with Crippen molar-refractivity contribution in [3.63, 3.8) is 0 Å². The molecule has 0 spiro atoms. The maximum Gasteiger partial charge on any atom is 0.0701 e. The summed E-state index contributed by atoms with van der Waals surface area (Å²) in [5.41, 5.74) is 0. The molecular weight excluding hydrogens is 224 g/mol. The second kappa shape index (κ2) is 15.8. The zero-order valence-corrected chi connectivity index (χ0v) is 10.9. The molecule has 0 aliphatic rings. The molecule has 0 aromatic rings. The van der Waals surface area contributed by atoms with Crippen LogP contribution in [-0.2, 0) is 18.9 Å². The summed E-state index contributed by atoms with van der Waals surface area (Å²) in [7, 11) is 1.65. The molecule has 0 radical (unpaired) electrons. The fourth-order valence-electron chi connectivity index (χ4n) is 1.18. The Bertz CT molecular complexity index is 118. The number of methoxy groups -OCH3 is 1. The summed E-state index contributed by atoms with van der Waals surface area (Å²) in [6, 6.07) is 0. The predicted octanol–water partition coefficient (Wildman–Crippen LogP) is 0.845. The first-order chi connectivity index (χ1) is 8.41. The van der Waals surface area contributed by atoms with Crippen molar-refractivity contribution in [3.05, 3.63) is 0 Å². The molecule has 0 fully saturated rings. The Hall–Kier alpha value is -0.200. The van der Waals surface area contributed by atoms with E-state index in [9.17, 15) is 0 Å².